The van der Waals surface area contributed by atoms with Crippen molar-refractivity contribution >= 4 is 52.3 Å². The lowest BCUT2D eigenvalue weighted by atomic mass is 10.00. The van der Waals surface area contributed by atoms with E-state index in [2.05, 4.69) is 25.9 Å². The molecule has 0 aliphatic heterocycles. The van der Waals surface area contributed by atoms with Crippen molar-refractivity contribution in [3.05, 3.63) is 77.9 Å². The molecular weight excluding hydrogens is 710 g/mol. The number of hydrogen-bond donors (Lipinski definition) is 10. The molecule has 15 N–H and O–H groups in total. The number of carbonyl (C=O) groups excluding carboxylic acids is 4. The number of nitrogens with zero attached hydrogens (tertiary/aromatic N) is 3. The lowest BCUT2D eigenvalue weighted by Crippen LogP contribution is -2.58. The molecule has 3 aromatic carbocycles. The van der Waals surface area contributed by atoms with Gasteiger partial charge in [-0.05, 0) is 66.1 Å². The van der Waals surface area contributed by atoms with E-state index in [1.54, 1.807) is 18.2 Å². The van der Waals surface area contributed by atoms with Crippen LogP contribution < -0.4 is 44.6 Å². The molecule has 0 aliphatic carbocycles. The average Bonchev–Trinajstić information content (AvgIpc) is 3.14. The fourth-order valence-corrected chi connectivity index (χ4v) is 5.78. The van der Waals surface area contributed by atoms with Gasteiger partial charge in [0.15, 0.2) is 11.9 Å². The van der Waals surface area contributed by atoms with Crippen LogP contribution in [-0.2, 0) is 36.8 Å². The Morgan fingerprint density at radius 1 is 0.727 bits per heavy atom. The van der Waals surface area contributed by atoms with E-state index in [4.69, 9.17) is 28.7 Å². The van der Waals surface area contributed by atoms with Gasteiger partial charge in [-0.25, -0.2) is 0 Å². The van der Waals surface area contributed by atoms with Crippen LogP contribution in [0.4, 0.5) is 0 Å². The summed E-state index contributed by atoms with van der Waals surface area (Å²) in [5.41, 5.74) is 29.5. The number of aliphatic imine (C=N–C) groups is 2. The van der Waals surface area contributed by atoms with Crippen LogP contribution in [0.25, 0.3) is 10.8 Å². The number of aliphatic carboxylic acids is 1. The van der Waals surface area contributed by atoms with E-state index in [0.29, 0.717) is 11.1 Å². The first-order chi connectivity index (χ1) is 26.1. The molecule has 18 heteroatoms. The summed E-state index contributed by atoms with van der Waals surface area (Å²) in [7, 11) is 1.39. The maximum atomic E-state index is 14.2. The summed E-state index contributed by atoms with van der Waals surface area (Å²) in [4.78, 5) is 75.4. The molecule has 0 unspecified atom stereocenters. The van der Waals surface area contributed by atoms with E-state index >= 15 is 0 Å². The fourth-order valence-electron chi connectivity index (χ4n) is 5.78. The number of fused-ring (bicyclic) bond motifs is 1. The number of rotatable bonds is 21. The van der Waals surface area contributed by atoms with Crippen molar-refractivity contribution < 1.29 is 34.2 Å². The molecule has 3 aromatic rings. The molecule has 0 heterocycles. The summed E-state index contributed by atoms with van der Waals surface area (Å²) in [6.07, 6.45) is 0.737. The molecule has 0 saturated carbocycles. The fraction of sp³-hybridized carbons (Fsp3) is 0.378. The summed E-state index contributed by atoms with van der Waals surface area (Å²) < 4.78 is 0. The highest BCUT2D eigenvalue weighted by atomic mass is 16.4. The highest BCUT2D eigenvalue weighted by Crippen LogP contribution is 2.18. The van der Waals surface area contributed by atoms with E-state index in [1.165, 1.54) is 24.1 Å². The van der Waals surface area contributed by atoms with Gasteiger partial charge in [0, 0.05) is 26.6 Å². The molecule has 0 bridgehead atoms. The minimum atomic E-state index is -1.28. The molecule has 0 saturated heterocycles. The number of likely N-dealkylation sites (N-methyl/N-ethyl adjacent to an activating group) is 1. The molecular formula is C37H51N11O7. The molecule has 18 nitrogen and oxygen atoms in total. The van der Waals surface area contributed by atoms with Crippen LogP contribution in [0.5, 0.6) is 5.75 Å². The van der Waals surface area contributed by atoms with Crippen molar-refractivity contribution in [3.63, 3.8) is 0 Å². The van der Waals surface area contributed by atoms with Crippen molar-refractivity contribution in [2.75, 3.05) is 26.7 Å². The number of guanidine groups is 2. The second-order valence-corrected chi connectivity index (χ2v) is 13.0. The average molecular weight is 762 g/mol. The van der Waals surface area contributed by atoms with E-state index < -0.39 is 60.3 Å². The Labute approximate surface area is 318 Å². The smallest absolute Gasteiger partial charge is 0.322 e. The van der Waals surface area contributed by atoms with Crippen LogP contribution in [0.1, 0.15) is 36.8 Å². The van der Waals surface area contributed by atoms with Crippen LogP contribution in [0.3, 0.4) is 0 Å². The highest BCUT2D eigenvalue weighted by Gasteiger charge is 2.34. The van der Waals surface area contributed by atoms with Crippen molar-refractivity contribution in [3.8, 4) is 5.75 Å². The Bertz CT molecular complexity index is 1840. The number of benzene rings is 3. The van der Waals surface area contributed by atoms with Gasteiger partial charge >= 0.3 is 5.97 Å². The van der Waals surface area contributed by atoms with Crippen molar-refractivity contribution in [1.29, 1.82) is 0 Å². The maximum Gasteiger partial charge on any atom is 0.322 e. The normalized spacial score (nSPS) is 13.0. The Kier molecular flexibility index (Phi) is 16.7. The number of amides is 4. The molecule has 0 aromatic heterocycles. The van der Waals surface area contributed by atoms with Crippen LogP contribution in [0.2, 0.25) is 0 Å². The lowest BCUT2D eigenvalue weighted by Gasteiger charge is -2.32. The van der Waals surface area contributed by atoms with Crippen molar-refractivity contribution in [2.45, 2.75) is 62.7 Å². The van der Waals surface area contributed by atoms with Gasteiger partial charge in [-0.1, -0.05) is 54.6 Å². The van der Waals surface area contributed by atoms with Gasteiger partial charge in [-0.15, -0.1) is 0 Å². The van der Waals surface area contributed by atoms with Gasteiger partial charge in [0.05, 0.1) is 6.04 Å². The number of aromatic hydroxyl groups is 1. The Morgan fingerprint density at radius 2 is 1.31 bits per heavy atom. The number of carboxylic acids is 1. The SMILES string of the molecule is CN(C(=O)[C@H](CCCN=C(N)N)NC(=O)[C@H](N)Cc1ccc(O)cc1)[C@@H](CCCN=C(N)N)C(=O)N[C@@H](Cc1ccc2ccccc2c1)C(=O)NCC(=O)O. The largest absolute Gasteiger partial charge is 0.508 e. The zero-order valence-corrected chi connectivity index (χ0v) is 30.7. The first-order valence-corrected chi connectivity index (χ1v) is 17.6. The molecule has 4 amide bonds. The predicted octanol–water partition coefficient (Wildman–Crippen LogP) is -1.24. The highest BCUT2D eigenvalue weighted by molar-refractivity contribution is 5.95. The van der Waals surface area contributed by atoms with Crippen molar-refractivity contribution in [1.82, 2.24) is 20.9 Å². The molecule has 0 radical (unpaired) electrons. The third-order valence-electron chi connectivity index (χ3n) is 8.64. The molecule has 296 valence electrons. The minimum absolute atomic E-state index is 0.00278. The van der Waals surface area contributed by atoms with Crippen molar-refractivity contribution in [2.24, 2.45) is 38.7 Å². The standard InChI is InChI=1S/C37H51N11O7/c1-48(35(55)28(8-4-16-43-36(39)40)46-32(52)27(38)19-22-11-14-26(49)15-12-22)30(9-5-17-44-37(41)42)34(54)47-29(33(53)45-21-31(50)51)20-23-10-13-24-6-2-3-7-25(24)18-23/h2-3,6-7,10-15,18,27-30,49H,4-5,8-9,16-17,19-21,38H2,1H3,(H,45,53)(H,46,52)(H,47,54)(H,50,51)(H4,39,40,43)(H4,41,42,44)/t27-,28+,29+,30+/m1/s1. The van der Waals surface area contributed by atoms with Crippen LogP contribution in [-0.4, -0.2) is 107 Å². The number of carboxylic acid groups (broad SMARTS) is 1. The molecule has 0 spiro atoms. The van der Waals surface area contributed by atoms with Crippen LogP contribution >= 0.6 is 0 Å². The van der Waals surface area contributed by atoms with Gasteiger partial charge < -0.3 is 59.7 Å². The number of hydrogen-bond acceptors (Lipinski definition) is 9. The first kappa shape index (κ1) is 43.0. The summed E-state index contributed by atoms with van der Waals surface area (Å²) in [6, 6.07) is 14.6. The third kappa shape index (κ3) is 14.5. The molecule has 4 atom stereocenters. The number of nitrogens with one attached hydrogen (secondary N) is 3. The Morgan fingerprint density at radius 3 is 1.93 bits per heavy atom. The summed E-state index contributed by atoms with van der Waals surface area (Å²) >= 11 is 0. The Balaban J connectivity index is 1.89. The molecule has 0 fully saturated rings. The number of nitrogens with two attached hydrogens (primary N) is 5. The van der Waals surface area contributed by atoms with Gasteiger partial charge in [0.25, 0.3) is 0 Å². The third-order valence-corrected chi connectivity index (χ3v) is 8.64. The van der Waals surface area contributed by atoms with E-state index in [9.17, 15) is 34.2 Å². The number of phenols is 1. The van der Waals surface area contributed by atoms with Gasteiger partial charge in [-0.2, -0.15) is 0 Å². The summed E-state index contributed by atoms with van der Waals surface area (Å²) in [5.74, 6) is -4.28. The second-order valence-electron chi connectivity index (χ2n) is 13.0. The summed E-state index contributed by atoms with van der Waals surface area (Å²) in [5, 5.41) is 28.4. The van der Waals surface area contributed by atoms with Gasteiger partial charge in [0.1, 0.15) is 30.4 Å². The predicted molar refractivity (Wildman–Crippen MR) is 208 cm³/mol. The topological polar surface area (TPSA) is 320 Å². The zero-order chi connectivity index (χ0) is 40.5. The van der Waals surface area contributed by atoms with E-state index in [-0.39, 0.29) is 69.3 Å². The van der Waals surface area contributed by atoms with Crippen LogP contribution in [0.15, 0.2) is 76.7 Å². The quantitative estimate of drug-likeness (QED) is 0.0346. The maximum absolute atomic E-state index is 14.2. The van der Waals surface area contributed by atoms with Crippen LogP contribution in [0, 0.1) is 0 Å². The minimum Gasteiger partial charge on any atom is -0.508 e. The number of phenolic OH excluding ortho intramolecular Hbond substituents is 1. The molecule has 55 heavy (non-hydrogen) atoms. The monoisotopic (exact) mass is 761 g/mol. The van der Waals surface area contributed by atoms with Gasteiger partial charge in [0.2, 0.25) is 23.6 Å². The number of carbonyl (C=O) groups is 5. The van der Waals surface area contributed by atoms with E-state index in [0.717, 1.165) is 10.8 Å². The zero-order valence-electron chi connectivity index (χ0n) is 30.7. The summed E-state index contributed by atoms with van der Waals surface area (Å²) in [6.45, 7) is -0.409. The second kappa shape index (κ2) is 21.3. The van der Waals surface area contributed by atoms with E-state index in [1.807, 2.05) is 36.4 Å². The Hall–Kier alpha value is -6.43. The van der Waals surface area contributed by atoms with Gasteiger partial charge in [-0.3, -0.25) is 34.0 Å². The molecule has 0 aliphatic rings. The first-order valence-electron chi connectivity index (χ1n) is 17.6. The molecule has 3 rings (SSSR count). The lowest BCUT2D eigenvalue weighted by molar-refractivity contribution is -0.143.